The van der Waals surface area contributed by atoms with E-state index in [0.717, 1.165) is 0 Å². The summed E-state index contributed by atoms with van der Waals surface area (Å²) in [6, 6.07) is 12.1. The molecular weight excluding hydrogens is 288 g/mol. The molecule has 0 aliphatic carbocycles. The smallest absolute Gasteiger partial charge is 0.255 e. The van der Waals surface area contributed by atoms with E-state index in [1.54, 1.807) is 42.5 Å². The van der Waals surface area contributed by atoms with Crippen LogP contribution in [0.2, 0.25) is 0 Å². The fourth-order valence-corrected chi connectivity index (χ4v) is 2.12. The standard InChI is InChI=1S/C15H12N2O3S/c16-14(21)9-2-1-3-11(6-9)17-15(18)10-4-5-12-13(7-10)20-8-19-12/h1-7H,8H2,(H2,16,21)(H,17,18). The van der Waals surface area contributed by atoms with Crippen molar-refractivity contribution in [1.29, 1.82) is 0 Å². The van der Waals surface area contributed by atoms with Crippen molar-refractivity contribution >= 4 is 28.8 Å². The molecule has 0 unspecified atom stereocenters. The Balaban J connectivity index is 1.80. The normalized spacial score (nSPS) is 12.0. The van der Waals surface area contributed by atoms with E-state index in [9.17, 15) is 4.79 Å². The van der Waals surface area contributed by atoms with Crippen LogP contribution in [0.4, 0.5) is 5.69 Å². The van der Waals surface area contributed by atoms with Gasteiger partial charge in [0.25, 0.3) is 5.91 Å². The summed E-state index contributed by atoms with van der Waals surface area (Å²) in [6.07, 6.45) is 0. The van der Waals surface area contributed by atoms with E-state index in [4.69, 9.17) is 27.4 Å². The molecule has 1 heterocycles. The molecule has 3 N–H and O–H groups in total. The lowest BCUT2D eigenvalue weighted by Crippen LogP contribution is -2.13. The van der Waals surface area contributed by atoms with Crippen LogP contribution in [0.1, 0.15) is 15.9 Å². The number of ether oxygens (including phenoxy) is 2. The predicted octanol–water partition coefficient (Wildman–Crippen LogP) is 2.30. The maximum atomic E-state index is 12.2. The monoisotopic (exact) mass is 300 g/mol. The van der Waals surface area contributed by atoms with Crippen molar-refractivity contribution < 1.29 is 14.3 Å². The number of benzene rings is 2. The third-order valence-corrected chi connectivity index (χ3v) is 3.28. The molecule has 1 aliphatic heterocycles. The van der Waals surface area contributed by atoms with Crippen molar-refractivity contribution in [2.75, 3.05) is 12.1 Å². The van der Waals surface area contributed by atoms with Gasteiger partial charge in [0.15, 0.2) is 11.5 Å². The second kappa shape index (κ2) is 5.41. The highest BCUT2D eigenvalue weighted by Crippen LogP contribution is 2.32. The lowest BCUT2D eigenvalue weighted by molar-refractivity contribution is 0.102. The molecule has 2 aromatic rings. The molecule has 0 bridgehead atoms. The van der Waals surface area contributed by atoms with Crippen LogP contribution in [0, 0.1) is 0 Å². The first kappa shape index (κ1) is 13.4. The van der Waals surface area contributed by atoms with E-state index in [1.165, 1.54) is 0 Å². The fourth-order valence-electron chi connectivity index (χ4n) is 1.99. The summed E-state index contributed by atoms with van der Waals surface area (Å²) >= 11 is 4.92. The molecule has 0 atom stereocenters. The zero-order valence-corrected chi connectivity index (χ0v) is 11.8. The molecule has 0 radical (unpaired) electrons. The van der Waals surface area contributed by atoms with Gasteiger partial charge in [-0.05, 0) is 30.3 Å². The van der Waals surface area contributed by atoms with E-state index < -0.39 is 0 Å². The van der Waals surface area contributed by atoms with Gasteiger partial charge in [-0.1, -0.05) is 24.4 Å². The number of carbonyl (C=O) groups excluding carboxylic acids is 1. The van der Waals surface area contributed by atoms with Crippen molar-refractivity contribution in [2.45, 2.75) is 0 Å². The van der Waals surface area contributed by atoms with Gasteiger partial charge in [-0.2, -0.15) is 0 Å². The molecule has 1 aliphatic rings. The number of nitrogens with one attached hydrogen (secondary N) is 1. The third kappa shape index (κ3) is 2.80. The van der Waals surface area contributed by atoms with Gasteiger partial charge >= 0.3 is 0 Å². The third-order valence-electron chi connectivity index (χ3n) is 3.04. The number of rotatable bonds is 3. The van der Waals surface area contributed by atoms with Gasteiger partial charge < -0.3 is 20.5 Å². The molecule has 1 amide bonds. The lowest BCUT2D eigenvalue weighted by Gasteiger charge is -2.07. The van der Waals surface area contributed by atoms with Gasteiger partial charge in [0, 0.05) is 16.8 Å². The van der Waals surface area contributed by atoms with E-state index in [0.29, 0.717) is 28.3 Å². The van der Waals surface area contributed by atoms with Crippen molar-refractivity contribution in [1.82, 2.24) is 0 Å². The minimum Gasteiger partial charge on any atom is -0.454 e. The lowest BCUT2D eigenvalue weighted by atomic mass is 10.1. The minimum atomic E-state index is -0.242. The second-order valence-corrected chi connectivity index (χ2v) is 4.91. The summed E-state index contributed by atoms with van der Waals surface area (Å²) in [5, 5.41) is 2.79. The number of anilines is 1. The van der Waals surface area contributed by atoms with Crippen LogP contribution in [0.3, 0.4) is 0 Å². The molecule has 0 saturated heterocycles. The Morgan fingerprint density at radius 1 is 1.10 bits per heavy atom. The van der Waals surface area contributed by atoms with Crippen LogP contribution in [0.15, 0.2) is 42.5 Å². The van der Waals surface area contributed by atoms with Crippen LogP contribution >= 0.6 is 12.2 Å². The molecule has 5 nitrogen and oxygen atoms in total. The highest BCUT2D eigenvalue weighted by molar-refractivity contribution is 7.80. The Morgan fingerprint density at radius 3 is 2.71 bits per heavy atom. The zero-order valence-electron chi connectivity index (χ0n) is 11.0. The van der Waals surface area contributed by atoms with Crippen LogP contribution in [0.25, 0.3) is 0 Å². The predicted molar refractivity (Wildman–Crippen MR) is 82.8 cm³/mol. The van der Waals surface area contributed by atoms with E-state index in [2.05, 4.69) is 5.32 Å². The quantitative estimate of drug-likeness (QED) is 0.851. The highest BCUT2D eigenvalue weighted by atomic mass is 32.1. The molecule has 3 rings (SSSR count). The number of hydrogen-bond donors (Lipinski definition) is 2. The Labute approximate surface area is 126 Å². The molecular formula is C15H12N2O3S. The van der Waals surface area contributed by atoms with Crippen LogP contribution in [-0.2, 0) is 0 Å². The molecule has 0 saturated carbocycles. The zero-order chi connectivity index (χ0) is 14.8. The largest absolute Gasteiger partial charge is 0.454 e. The van der Waals surface area contributed by atoms with Gasteiger partial charge in [0.05, 0.1) is 0 Å². The van der Waals surface area contributed by atoms with Gasteiger partial charge in [0.2, 0.25) is 6.79 Å². The number of nitrogens with two attached hydrogens (primary N) is 1. The summed E-state index contributed by atoms with van der Waals surface area (Å²) < 4.78 is 10.5. The number of thiocarbonyl (C=S) groups is 1. The van der Waals surface area contributed by atoms with E-state index >= 15 is 0 Å². The minimum absolute atomic E-state index is 0.177. The van der Waals surface area contributed by atoms with E-state index in [-0.39, 0.29) is 17.7 Å². The SMILES string of the molecule is NC(=S)c1cccc(NC(=O)c2ccc3c(c2)OCO3)c1. The first-order valence-electron chi connectivity index (χ1n) is 6.24. The summed E-state index contributed by atoms with van der Waals surface area (Å²) in [7, 11) is 0. The summed E-state index contributed by atoms with van der Waals surface area (Å²) in [6.45, 7) is 0.177. The van der Waals surface area contributed by atoms with Gasteiger partial charge in [-0.15, -0.1) is 0 Å². The van der Waals surface area contributed by atoms with Crippen LogP contribution < -0.4 is 20.5 Å². The maximum absolute atomic E-state index is 12.2. The summed E-state index contributed by atoms with van der Waals surface area (Å²) in [5.41, 5.74) is 7.39. The maximum Gasteiger partial charge on any atom is 0.255 e. The van der Waals surface area contributed by atoms with Crippen molar-refractivity contribution in [2.24, 2.45) is 5.73 Å². The van der Waals surface area contributed by atoms with Crippen molar-refractivity contribution in [3.05, 3.63) is 53.6 Å². The Morgan fingerprint density at radius 2 is 1.90 bits per heavy atom. The number of carbonyl (C=O) groups is 1. The van der Waals surface area contributed by atoms with Crippen molar-refractivity contribution in [3.63, 3.8) is 0 Å². The molecule has 106 valence electrons. The van der Waals surface area contributed by atoms with Gasteiger partial charge in [0.1, 0.15) is 4.99 Å². The van der Waals surface area contributed by atoms with Crippen LogP contribution in [-0.4, -0.2) is 17.7 Å². The first-order chi connectivity index (χ1) is 10.1. The van der Waals surface area contributed by atoms with E-state index in [1.807, 2.05) is 0 Å². The number of amides is 1. The molecule has 21 heavy (non-hydrogen) atoms. The average Bonchev–Trinajstić information content (AvgIpc) is 2.94. The number of hydrogen-bond acceptors (Lipinski definition) is 4. The Kier molecular flexibility index (Phi) is 3.45. The molecule has 0 fully saturated rings. The fraction of sp³-hybridized carbons (Fsp3) is 0.0667. The number of fused-ring (bicyclic) bond motifs is 1. The Bertz CT molecular complexity index is 731. The van der Waals surface area contributed by atoms with Crippen molar-refractivity contribution in [3.8, 4) is 11.5 Å². The first-order valence-corrected chi connectivity index (χ1v) is 6.65. The topological polar surface area (TPSA) is 73.6 Å². The summed E-state index contributed by atoms with van der Waals surface area (Å²) in [4.78, 5) is 12.5. The molecule has 0 aromatic heterocycles. The second-order valence-electron chi connectivity index (χ2n) is 4.47. The molecule has 6 heteroatoms. The van der Waals surface area contributed by atoms with Gasteiger partial charge in [-0.25, -0.2) is 0 Å². The summed E-state index contributed by atoms with van der Waals surface area (Å²) in [5.74, 6) is 0.968. The van der Waals surface area contributed by atoms with Gasteiger partial charge in [-0.3, -0.25) is 4.79 Å². The molecule has 0 spiro atoms. The highest BCUT2D eigenvalue weighted by Gasteiger charge is 2.16. The molecule has 2 aromatic carbocycles. The Hall–Kier alpha value is -2.60. The average molecular weight is 300 g/mol. The van der Waals surface area contributed by atoms with Crippen LogP contribution in [0.5, 0.6) is 11.5 Å².